The van der Waals surface area contributed by atoms with E-state index in [0.29, 0.717) is 41.4 Å². The van der Waals surface area contributed by atoms with Crippen LogP contribution in [0.3, 0.4) is 0 Å². The number of imidazole rings is 1. The number of carbonyl (C=O) groups is 3. The van der Waals surface area contributed by atoms with Gasteiger partial charge in [-0.25, -0.2) is 19.2 Å². The summed E-state index contributed by atoms with van der Waals surface area (Å²) < 4.78 is 12.1. The van der Waals surface area contributed by atoms with Crippen molar-refractivity contribution in [2.75, 3.05) is 24.3 Å². The maximum Gasteiger partial charge on any atom is 0.410 e. The highest BCUT2D eigenvalue weighted by Gasteiger charge is 2.36. The van der Waals surface area contributed by atoms with E-state index in [1.807, 2.05) is 20.8 Å². The van der Waals surface area contributed by atoms with Crippen molar-refractivity contribution in [1.29, 1.82) is 0 Å². The lowest BCUT2D eigenvalue weighted by Gasteiger charge is -2.36. The summed E-state index contributed by atoms with van der Waals surface area (Å²) in [6.45, 7) is 7.75. The minimum Gasteiger partial charge on any atom is -0.461 e. The molecule has 2 amide bonds. The molecule has 0 spiro atoms. The third-order valence-corrected chi connectivity index (χ3v) is 6.07. The average molecular weight is 536 g/mol. The topological polar surface area (TPSA) is 155 Å². The van der Waals surface area contributed by atoms with Gasteiger partial charge in [0.15, 0.2) is 17.3 Å². The zero-order valence-electron chi connectivity index (χ0n) is 22.5. The molecule has 12 heteroatoms. The van der Waals surface area contributed by atoms with Crippen molar-refractivity contribution in [1.82, 2.24) is 24.8 Å². The lowest BCUT2D eigenvalue weighted by Crippen LogP contribution is -2.43. The molecule has 1 atom stereocenters. The van der Waals surface area contributed by atoms with Crippen molar-refractivity contribution < 1.29 is 23.9 Å². The molecule has 2 aromatic heterocycles. The molecule has 4 rings (SSSR count). The molecule has 0 bridgehead atoms. The maximum absolute atomic E-state index is 13.0. The van der Waals surface area contributed by atoms with E-state index in [0.717, 1.165) is 12.8 Å². The molecule has 0 radical (unpaired) electrons. The standard InChI is InChI=1S/C27H33N7O5/c1-5-38-25(36)22-21(17-11-13-18(14-12-17)24(35)30-20-10-8-15-29-32-20)31-23(34(22)28)19-9-6-7-16-33(19)26(37)39-27(2,3)4/h8,10-15,19H,5-7,9,16,28H2,1-4H3,(H,30,32,35). The number of benzene rings is 1. The zero-order valence-corrected chi connectivity index (χ0v) is 22.5. The van der Waals surface area contributed by atoms with Crippen LogP contribution < -0.4 is 11.2 Å². The third-order valence-electron chi connectivity index (χ3n) is 6.07. The van der Waals surface area contributed by atoms with Gasteiger partial charge in [-0.15, -0.1) is 5.10 Å². The van der Waals surface area contributed by atoms with Crippen LogP contribution in [0.25, 0.3) is 11.3 Å². The van der Waals surface area contributed by atoms with E-state index >= 15 is 0 Å². The van der Waals surface area contributed by atoms with E-state index in [4.69, 9.17) is 20.3 Å². The number of nitrogens with two attached hydrogens (primary N) is 1. The quantitative estimate of drug-likeness (QED) is 0.353. The fraction of sp³-hybridized carbons (Fsp3) is 0.407. The van der Waals surface area contributed by atoms with Gasteiger partial charge < -0.3 is 20.6 Å². The predicted molar refractivity (Wildman–Crippen MR) is 143 cm³/mol. The van der Waals surface area contributed by atoms with Gasteiger partial charge in [0, 0.05) is 23.9 Å². The maximum atomic E-state index is 13.0. The number of esters is 1. The largest absolute Gasteiger partial charge is 0.461 e. The molecule has 1 fully saturated rings. The highest BCUT2D eigenvalue weighted by Crippen LogP contribution is 2.34. The number of ether oxygens (including phenoxy) is 2. The number of amides is 2. The molecule has 206 valence electrons. The van der Waals surface area contributed by atoms with Gasteiger partial charge in [-0.1, -0.05) is 12.1 Å². The minimum absolute atomic E-state index is 0.0540. The van der Waals surface area contributed by atoms with Crippen LogP contribution >= 0.6 is 0 Å². The van der Waals surface area contributed by atoms with Crippen LogP contribution in [0, 0.1) is 0 Å². The normalized spacial score (nSPS) is 15.5. The monoisotopic (exact) mass is 535 g/mol. The fourth-order valence-electron chi connectivity index (χ4n) is 4.36. The molecule has 1 aliphatic rings. The molecular weight excluding hydrogens is 502 g/mol. The molecule has 1 saturated heterocycles. The summed E-state index contributed by atoms with van der Waals surface area (Å²) in [6, 6.07) is 9.38. The van der Waals surface area contributed by atoms with E-state index in [2.05, 4.69) is 15.5 Å². The van der Waals surface area contributed by atoms with Crippen molar-refractivity contribution in [3.8, 4) is 11.3 Å². The first-order valence-electron chi connectivity index (χ1n) is 12.8. The highest BCUT2D eigenvalue weighted by atomic mass is 16.6. The number of nitrogen functional groups attached to an aromatic ring is 1. The molecule has 1 aliphatic heterocycles. The molecular formula is C27H33N7O5. The van der Waals surface area contributed by atoms with Crippen molar-refractivity contribution in [3.63, 3.8) is 0 Å². The first kappa shape index (κ1) is 27.6. The van der Waals surface area contributed by atoms with Crippen LogP contribution in [0.2, 0.25) is 0 Å². The van der Waals surface area contributed by atoms with Gasteiger partial charge in [0.1, 0.15) is 11.3 Å². The lowest BCUT2D eigenvalue weighted by molar-refractivity contribution is 0.00820. The molecule has 1 unspecified atom stereocenters. The fourth-order valence-corrected chi connectivity index (χ4v) is 4.36. The van der Waals surface area contributed by atoms with Crippen LogP contribution in [-0.2, 0) is 9.47 Å². The number of carbonyl (C=O) groups excluding carboxylic acids is 3. The van der Waals surface area contributed by atoms with Gasteiger partial charge in [0.2, 0.25) is 0 Å². The van der Waals surface area contributed by atoms with Crippen molar-refractivity contribution in [2.24, 2.45) is 0 Å². The van der Waals surface area contributed by atoms with E-state index in [-0.39, 0.29) is 18.2 Å². The van der Waals surface area contributed by atoms with Crippen LogP contribution in [0.1, 0.15) is 79.7 Å². The Balaban J connectivity index is 1.68. The third kappa shape index (κ3) is 6.33. The summed E-state index contributed by atoms with van der Waals surface area (Å²) >= 11 is 0. The second-order valence-corrected chi connectivity index (χ2v) is 10.1. The molecule has 0 aliphatic carbocycles. The summed E-state index contributed by atoms with van der Waals surface area (Å²) in [7, 11) is 0. The van der Waals surface area contributed by atoms with E-state index in [9.17, 15) is 14.4 Å². The second-order valence-electron chi connectivity index (χ2n) is 10.1. The molecule has 3 heterocycles. The molecule has 1 aromatic carbocycles. The Kier molecular flexibility index (Phi) is 8.12. The average Bonchev–Trinajstić information content (AvgIpc) is 3.25. The SMILES string of the molecule is CCOC(=O)c1c(-c2ccc(C(=O)Nc3cccnn3)cc2)nc(C2CCCCN2C(=O)OC(C)(C)C)n1N. The number of likely N-dealkylation sites (tertiary alicyclic amines) is 1. The minimum atomic E-state index is -0.667. The van der Waals surface area contributed by atoms with Gasteiger partial charge >= 0.3 is 12.1 Å². The van der Waals surface area contributed by atoms with Crippen LogP contribution in [0.4, 0.5) is 10.6 Å². The molecule has 3 aromatic rings. The Bertz CT molecular complexity index is 1330. The Morgan fingerprint density at radius 2 is 1.87 bits per heavy atom. The number of piperidine rings is 1. The number of rotatable bonds is 6. The smallest absolute Gasteiger partial charge is 0.410 e. The zero-order chi connectivity index (χ0) is 28.2. The Hall–Kier alpha value is -4.48. The van der Waals surface area contributed by atoms with E-state index in [1.54, 1.807) is 48.2 Å². The summed E-state index contributed by atoms with van der Waals surface area (Å²) in [4.78, 5) is 45.0. The van der Waals surface area contributed by atoms with Crippen molar-refractivity contribution in [3.05, 3.63) is 59.7 Å². The van der Waals surface area contributed by atoms with Crippen LogP contribution in [0.5, 0.6) is 0 Å². The summed E-state index contributed by atoms with van der Waals surface area (Å²) in [5, 5.41) is 10.3. The van der Waals surface area contributed by atoms with Crippen LogP contribution in [0.15, 0.2) is 42.6 Å². The molecule has 0 saturated carbocycles. The second kappa shape index (κ2) is 11.5. The van der Waals surface area contributed by atoms with Crippen LogP contribution in [-0.4, -0.2) is 61.5 Å². The number of nitrogens with zero attached hydrogens (tertiary/aromatic N) is 5. The van der Waals surface area contributed by atoms with Gasteiger partial charge in [-0.2, -0.15) is 5.10 Å². The Labute approximate surface area is 226 Å². The number of hydrogen-bond acceptors (Lipinski definition) is 9. The summed E-state index contributed by atoms with van der Waals surface area (Å²) in [6.07, 6.45) is 3.33. The van der Waals surface area contributed by atoms with E-state index in [1.165, 1.54) is 10.9 Å². The van der Waals surface area contributed by atoms with Crippen molar-refractivity contribution >= 4 is 23.8 Å². The summed E-state index contributed by atoms with van der Waals surface area (Å²) in [5.41, 5.74) is 0.608. The molecule has 3 N–H and O–H groups in total. The number of anilines is 1. The lowest BCUT2D eigenvalue weighted by atomic mass is 10.0. The predicted octanol–water partition coefficient (Wildman–Crippen LogP) is 3.95. The Morgan fingerprint density at radius 3 is 2.51 bits per heavy atom. The van der Waals surface area contributed by atoms with Crippen molar-refractivity contribution in [2.45, 2.75) is 58.6 Å². The first-order valence-corrected chi connectivity index (χ1v) is 12.8. The highest BCUT2D eigenvalue weighted by molar-refractivity contribution is 6.04. The summed E-state index contributed by atoms with van der Waals surface area (Å²) in [5.74, 6) is 6.12. The first-order chi connectivity index (χ1) is 18.6. The molecule has 39 heavy (non-hydrogen) atoms. The van der Waals surface area contributed by atoms with Gasteiger partial charge in [0.05, 0.1) is 12.6 Å². The molecule has 12 nitrogen and oxygen atoms in total. The number of nitrogens with one attached hydrogen (secondary N) is 1. The number of aromatic nitrogens is 4. The van der Waals surface area contributed by atoms with E-state index < -0.39 is 23.7 Å². The Morgan fingerprint density at radius 1 is 1.13 bits per heavy atom. The van der Waals surface area contributed by atoms with Gasteiger partial charge in [0.25, 0.3) is 5.91 Å². The number of hydrogen-bond donors (Lipinski definition) is 2. The van der Waals surface area contributed by atoms with Gasteiger partial charge in [-0.05, 0) is 71.2 Å². The van der Waals surface area contributed by atoms with Gasteiger partial charge in [-0.3, -0.25) is 9.69 Å².